The fraction of sp³-hybridized carbons (Fsp3) is 0.0526. The van der Waals surface area contributed by atoms with Gasteiger partial charge in [0.2, 0.25) is 0 Å². The molecule has 0 aromatic heterocycles. The lowest BCUT2D eigenvalue weighted by atomic mass is 9.71. The van der Waals surface area contributed by atoms with E-state index in [1.165, 1.54) is 33.4 Å². The highest BCUT2D eigenvalue weighted by Crippen LogP contribution is 2.49. The first-order chi connectivity index (χ1) is 19.2. The molecule has 1 aliphatic carbocycles. The number of nitrogens with zero attached hydrogens (tertiary/aromatic N) is 1. The molecule has 5 aromatic rings. The van der Waals surface area contributed by atoms with Gasteiger partial charge in [-0.05, 0) is 71.1 Å². The topological polar surface area (TPSA) is 3.24 Å². The summed E-state index contributed by atoms with van der Waals surface area (Å²) < 4.78 is 0. The van der Waals surface area contributed by atoms with Gasteiger partial charge in [0.1, 0.15) is 0 Å². The average molecular weight is 502 g/mol. The minimum absolute atomic E-state index is 0.347. The first-order valence-corrected chi connectivity index (χ1v) is 13.4. The third-order valence-corrected chi connectivity index (χ3v) is 7.70. The molecule has 1 aliphatic rings. The van der Waals surface area contributed by atoms with Crippen molar-refractivity contribution in [2.45, 2.75) is 12.3 Å². The number of anilines is 3. The number of hydrogen-bond donors (Lipinski definition) is 0. The van der Waals surface area contributed by atoms with Gasteiger partial charge in [0, 0.05) is 17.1 Å². The van der Waals surface area contributed by atoms with E-state index in [2.05, 4.69) is 170 Å². The van der Waals surface area contributed by atoms with Crippen molar-refractivity contribution in [3.63, 3.8) is 0 Å². The Balaban J connectivity index is 1.50. The first kappa shape index (κ1) is 24.5. The lowest BCUT2D eigenvalue weighted by Gasteiger charge is -2.33. The third-order valence-electron chi connectivity index (χ3n) is 7.70. The van der Waals surface area contributed by atoms with Gasteiger partial charge in [0.25, 0.3) is 0 Å². The number of para-hydroxylation sites is 1. The van der Waals surface area contributed by atoms with Crippen molar-refractivity contribution in [1.29, 1.82) is 0 Å². The van der Waals surface area contributed by atoms with Crippen LogP contribution >= 0.6 is 0 Å². The highest BCUT2D eigenvalue weighted by Gasteiger charge is 2.38. The second-order valence-corrected chi connectivity index (χ2v) is 9.95. The molecule has 0 bridgehead atoms. The minimum atomic E-state index is -0.347. The maximum atomic E-state index is 4.00. The van der Waals surface area contributed by atoms with Crippen LogP contribution in [0.3, 0.4) is 0 Å². The van der Waals surface area contributed by atoms with Crippen molar-refractivity contribution in [3.8, 4) is 11.1 Å². The summed E-state index contributed by atoms with van der Waals surface area (Å²) >= 11 is 0. The number of rotatable bonds is 7. The molecule has 0 amide bonds. The summed E-state index contributed by atoms with van der Waals surface area (Å²) in [6, 6.07) is 47.6. The van der Waals surface area contributed by atoms with E-state index in [-0.39, 0.29) is 5.41 Å². The lowest BCUT2D eigenvalue weighted by Crippen LogP contribution is -2.25. The third kappa shape index (κ3) is 4.43. The molecule has 0 fully saturated rings. The number of benzene rings is 5. The Labute approximate surface area is 231 Å². The zero-order chi connectivity index (χ0) is 26.7. The molecule has 6 rings (SSSR count). The predicted octanol–water partition coefficient (Wildman–Crippen LogP) is 10.3. The molecule has 5 aromatic carbocycles. The van der Waals surface area contributed by atoms with Gasteiger partial charge in [0.15, 0.2) is 0 Å². The van der Waals surface area contributed by atoms with Crippen LogP contribution in [-0.2, 0) is 5.41 Å². The molecule has 0 radical (unpaired) electrons. The molecule has 39 heavy (non-hydrogen) atoms. The van der Waals surface area contributed by atoms with Gasteiger partial charge in [-0.3, -0.25) is 0 Å². The van der Waals surface area contributed by atoms with E-state index in [1.54, 1.807) is 0 Å². The van der Waals surface area contributed by atoms with Crippen LogP contribution in [-0.4, -0.2) is 0 Å². The second kappa shape index (κ2) is 10.5. The summed E-state index contributed by atoms with van der Waals surface area (Å²) in [5.41, 5.74) is 10.5. The lowest BCUT2D eigenvalue weighted by molar-refractivity contribution is 0.771. The molecular weight excluding hydrogens is 470 g/mol. The molecule has 0 N–H and O–H groups in total. The monoisotopic (exact) mass is 501 g/mol. The Morgan fingerprint density at radius 2 is 1.21 bits per heavy atom. The normalized spacial score (nSPS) is 16.1. The Bertz CT molecular complexity index is 1650. The Hall–Kier alpha value is -4.88. The molecule has 0 heterocycles. The largest absolute Gasteiger partial charge is 0.310 e. The van der Waals surface area contributed by atoms with Gasteiger partial charge >= 0.3 is 0 Å². The molecule has 1 nitrogen and oxygen atoms in total. The number of hydrogen-bond acceptors (Lipinski definition) is 1. The van der Waals surface area contributed by atoms with Crippen molar-refractivity contribution < 1.29 is 0 Å². The van der Waals surface area contributed by atoms with Crippen molar-refractivity contribution in [2.24, 2.45) is 0 Å². The summed E-state index contributed by atoms with van der Waals surface area (Å²) in [4.78, 5) is 2.34. The van der Waals surface area contributed by atoms with Gasteiger partial charge in [-0.2, -0.15) is 0 Å². The molecule has 0 saturated carbocycles. The van der Waals surface area contributed by atoms with Gasteiger partial charge in [0.05, 0.1) is 5.41 Å². The summed E-state index contributed by atoms with van der Waals surface area (Å²) in [5.74, 6) is 0. The zero-order valence-electron chi connectivity index (χ0n) is 22.2. The van der Waals surface area contributed by atoms with E-state index < -0.39 is 0 Å². The van der Waals surface area contributed by atoms with Crippen LogP contribution in [0, 0.1) is 0 Å². The molecule has 0 saturated heterocycles. The smallest absolute Gasteiger partial charge is 0.0602 e. The Morgan fingerprint density at radius 1 is 0.641 bits per heavy atom. The molecule has 1 atom stereocenters. The molecular formula is C38H31N. The van der Waals surface area contributed by atoms with Crippen LogP contribution in [0.2, 0.25) is 0 Å². The van der Waals surface area contributed by atoms with Crippen LogP contribution in [0.25, 0.3) is 17.2 Å². The van der Waals surface area contributed by atoms with E-state index in [1.807, 2.05) is 6.08 Å². The summed E-state index contributed by atoms with van der Waals surface area (Å²) in [5, 5.41) is 0. The first-order valence-electron chi connectivity index (χ1n) is 13.4. The zero-order valence-corrected chi connectivity index (χ0v) is 22.2. The average Bonchev–Trinajstić information content (AvgIpc) is 3.39. The van der Waals surface area contributed by atoms with E-state index in [0.29, 0.717) is 0 Å². The maximum Gasteiger partial charge on any atom is 0.0602 e. The highest BCUT2D eigenvalue weighted by molar-refractivity contribution is 5.82. The number of allylic oxidation sites excluding steroid dienone is 4. The number of fused-ring (bicyclic) bond motifs is 1. The highest BCUT2D eigenvalue weighted by atomic mass is 15.1. The molecule has 1 heteroatoms. The van der Waals surface area contributed by atoms with Crippen LogP contribution in [0.1, 0.15) is 23.6 Å². The van der Waals surface area contributed by atoms with E-state index in [0.717, 1.165) is 17.1 Å². The fourth-order valence-corrected chi connectivity index (χ4v) is 5.77. The summed E-state index contributed by atoms with van der Waals surface area (Å²) in [6.45, 7) is 6.20. The predicted molar refractivity (Wildman–Crippen MR) is 167 cm³/mol. The molecule has 188 valence electrons. The van der Waals surface area contributed by atoms with Crippen LogP contribution < -0.4 is 4.90 Å². The van der Waals surface area contributed by atoms with Crippen molar-refractivity contribution >= 4 is 23.1 Å². The minimum Gasteiger partial charge on any atom is -0.310 e. The van der Waals surface area contributed by atoms with E-state index >= 15 is 0 Å². The quantitative estimate of drug-likeness (QED) is 0.201. The molecule has 1 unspecified atom stereocenters. The van der Waals surface area contributed by atoms with Crippen molar-refractivity contribution in [3.05, 3.63) is 181 Å². The van der Waals surface area contributed by atoms with Crippen molar-refractivity contribution in [2.75, 3.05) is 4.90 Å². The van der Waals surface area contributed by atoms with Gasteiger partial charge in [-0.15, -0.1) is 0 Å². The summed E-state index contributed by atoms with van der Waals surface area (Å²) in [6.07, 6.45) is 8.62. The Kier molecular flexibility index (Phi) is 6.57. The van der Waals surface area contributed by atoms with Crippen LogP contribution in [0.4, 0.5) is 17.1 Å². The van der Waals surface area contributed by atoms with Gasteiger partial charge < -0.3 is 4.90 Å². The summed E-state index contributed by atoms with van der Waals surface area (Å²) in [7, 11) is 0. The van der Waals surface area contributed by atoms with E-state index in [4.69, 9.17) is 0 Å². The fourth-order valence-electron chi connectivity index (χ4n) is 5.77. The second-order valence-electron chi connectivity index (χ2n) is 9.95. The standard InChI is InChI=1S/C38H31N/c1-3-13-29(2)38(33-16-9-5-10-17-33)27-26-32-22-25-36(28-37(32)38)39(34-18-11-6-12-19-34)35-23-20-31(21-24-35)30-14-7-4-8-15-30/h3-28H,1H2,2H3/b29-13+. The maximum absolute atomic E-state index is 4.00. The van der Waals surface area contributed by atoms with Crippen molar-refractivity contribution in [1.82, 2.24) is 0 Å². The van der Waals surface area contributed by atoms with E-state index in [9.17, 15) is 0 Å². The molecule has 0 spiro atoms. The van der Waals surface area contributed by atoms with Gasteiger partial charge in [-0.25, -0.2) is 0 Å². The molecule has 0 aliphatic heterocycles. The van der Waals surface area contributed by atoms with Crippen LogP contribution in [0.5, 0.6) is 0 Å². The van der Waals surface area contributed by atoms with Gasteiger partial charge in [-0.1, -0.05) is 134 Å². The van der Waals surface area contributed by atoms with Crippen LogP contribution in [0.15, 0.2) is 164 Å². The SMILES string of the molecule is C=C/C=C(\C)C1(c2ccccc2)C=Cc2ccc(N(c3ccccc3)c3ccc(-c4ccccc4)cc3)cc21. The Morgan fingerprint density at radius 3 is 1.87 bits per heavy atom.